The lowest BCUT2D eigenvalue weighted by Gasteiger charge is -2.11. The zero-order chi connectivity index (χ0) is 8.69. The maximum absolute atomic E-state index is 8.69. The summed E-state index contributed by atoms with van der Waals surface area (Å²) in [6.45, 7) is 0.752. The van der Waals surface area contributed by atoms with Crippen molar-refractivity contribution in [1.29, 1.82) is 0 Å². The molecule has 0 heterocycles. The molecule has 1 N–H and O–H groups in total. The molecule has 0 saturated heterocycles. The van der Waals surface area contributed by atoms with Gasteiger partial charge in [0.15, 0.2) is 0 Å². The van der Waals surface area contributed by atoms with Crippen molar-refractivity contribution in [2.24, 2.45) is 5.11 Å². The molecule has 0 aliphatic carbocycles. The van der Waals surface area contributed by atoms with Crippen LogP contribution >= 0.6 is 0 Å². The van der Waals surface area contributed by atoms with Crippen LogP contribution in [0, 0.1) is 0 Å². The fourth-order valence-electron chi connectivity index (χ4n) is 0.666. The largest absolute Gasteiger partial charge is 0.396 e. The number of hydrogen-bond acceptors (Lipinski definition) is 3. The van der Waals surface area contributed by atoms with Gasteiger partial charge in [0.2, 0.25) is 0 Å². The Morgan fingerprint density at radius 1 is 1.64 bits per heavy atom. The van der Waals surface area contributed by atoms with Gasteiger partial charge >= 0.3 is 0 Å². The van der Waals surface area contributed by atoms with E-state index in [-0.39, 0.29) is 12.6 Å². The Hall–Kier alpha value is -0.770. The highest BCUT2D eigenvalue weighted by molar-refractivity contribution is 4.66. The summed E-state index contributed by atoms with van der Waals surface area (Å²) >= 11 is 0. The van der Waals surface area contributed by atoms with Crippen molar-refractivity contribution >= 4 is 0 Å². The fourth-order valence-corrected chi connectivity index (χ4v) is 0.666. The zero-order valence-electron chi connectivity index (χ0n) is 6.93. The van der Waals surface area contributed by atoms with Crippen molar-refractivity contribution in [3.8, 4) is 0 Å². The van der Waals surface area contributed by atoms with Crippen molar-refractivity contribution < 1.29 is 5.11 Å². The van der Waals surface area contributed by atoms with E-state index in [0.29, 0.717) is 6.42 Å². The highest BCUT2D eigenvalue weighted by Crippen LogP contribution is 1.97. The number of hydrogen-bond donors (Lipinski definition) is 1. The van der Waals surface area contributed by atoms with Gasteiger partial charge in [-0.3, -0.25) is 0 Å². The molecule has 1 atom stereocenters. The van der Waals surface area contributed by atoms with E-state index in [2.05, 4.69) is 10.0 Å². The molecule has 0 amide bonds. The minimum atomic E-state index is -0.276. The molecule has 5 nitrogen and oxygen atoms in total. The predicted molar refractivity (Wildman–Crippen MR) is 43.2 cm³/mol. The van der Waals surface area contributed by atoms with Gasteiger partial charge < -0.3 is 10.0 Å². The zero-order valence-corrected chi connectivity index (χ0v) is 6.93. The van der Waals surface area contributed by atoms with E-state index < -0.39 is 0 Å². The second-order valence-electron chi connectivity index (χ2n) is 2.63. The third-order valence-corrected chi connectivity index (χ3v) is 1.34. The van der Waals surface area contributed by atoms with Gasteiger partial charge in [-0.2, -0.15) is 0 Å². The van der Waals surface area contributed by atoms with E-state index in [1.807, 2.05) is 19.0 Å². The Morgan fingerprint density at radius 3 is 2.64 bits per heavy atom. The Morgan fingerprint density at radius 2 is 2.27 bits per heavy atom. The van der Waals surface area contributed by atoms with Gasteiger partial charge in [-0.15, -0.1) is 0 Å². The van der Waals surface area contributed by atoms with Gasteiger partial charge in [0.25, 0.3) is 0 Å². The monoisotopic (exact) mass is 158 g/mol. The molecule has 0 saturated carbocycles. The van der Waals surface area contributed by atoms with Gasteiger partial charge in [0.05, 0.1) is 12.6 Å². The number of aliphatic hydroxyl groups excluding tert-OH is 1. The third kappa shape index (κ3) is 5.66. The molecule has 1 unspecified atom stereocenters. The number of nitrogens with zero attached hydrogens (tertiary/aromatic N) is 4. The molecule has 0 aliphatic heterocycles. The molecule has 0 rings (SSSR count). The van der Waals surface area contributed by atoms with Crippen LogP contribution in [0.15, 0.2) is 5.11 Å². The minimum absolute atomic E-state index is 0.0715. The molecule has 0 radical (unpaired) electrons. The first-order valence-electron chi connectivity index (χ1n) is 3.50. The lowest BCUT2D eigenvalue weighted by molar-refractivity contribution is 0.248. The van der Waals surface area contributed by atoms with E-state index >= 15 is 0 Å². The van der Waals surface area contributed by atoms with Crippen LogP contribution in [0.5, 0.6) is 0 Å². The first-order chi connectivity index (χ1) is 5.20. The van der Waals surface area contributed by atoms with Gasteiger partial charge in [-0.05, 0) is 32.6 Å². The van der Waals surface area contributed by atoms with Crippen LogP contribution in [-0.2, 0) is 0 Å². The summed E-state index contributed by atoms with van der Waals surface area (Å²) in [5.41, 5.74) is 8.07. The second-order valence-corrected chi connectivity index (χ2v) is 2.63. The number of rotatable bonds is 5. The van der Waals surface area contributed by atoms with E-state index in [1.54, 1.807) is 0 Å². The highest BCUT2D eigenvalue weighted by Gasteiger charge is 2.03. The molecule has 0 aliphatic rings. The van der Waals surface area contributed by atoms with Gasteiger partial charge in [0.1, 0.15) is 0 Å². The fraction of sp³-hybridized carbons (Fsp3) is 1.00. The van der Waals surface area contributed by atoms with Crippen molar-refractivity contribution in [3.63, 3.8) is 0 Å². The van der Waals surface area contributed by atoms with E-state index in [4.69, 9.17) is 10.6 Å². The molecule has 0 aromatic rings. The highest BCUT2D eigenvalue weighted by atomic mass is 16.3. The van der Waals surface area contributed by atoms with Crippen LogP contribution in [-0.4, -0.2) is 43.3 Å². The third-order valence-electron chi connectivity index (χ3n) is 1.34. The Kier molecular flexibility index (Phi) is 5.56. The normalized spacial score (nSPS) is 12.7. The van der Waals surface area contributed by atoms with Crippen molar-refractivity contribution in [3.05, 3.63) is 10.4 Å². The number of azide groups is 1. The first-order valence-corrected chi connectivity index (χ1v) is 3.50. The van der Waals surface area contributed by atoms with Crippen LogP contribution in [0.3, 0.4) is 0 Å². The molecule has 0 fully saturated rings. The summed E-state index contributed by atoms with van der Waals surface area (Å²) in [4.78, 5) is 4.61. The molecule has 64 valence electrons. The summed E-state index contributed by atoms with van der Waals surface area (Å²) in [5, 5.41) is 12.1. The Bertz CT molecular complexity index is 142. The van der Waals surface area contributed by atoms with E-state index in [9.17, 15) is 0 Å². The summed E-state index contributed by atoms with van der Waals surface area (Å²) < 4.78 is 0. The smallest absolute Gasteiger partial charge is 0.0617 e. The van der Waals surface area contributed by atoms with E-state index in [0.717, 1.165) is 6.54 Å². The Balaban J connectivity index is 3.60. The molecule has 11 heavy (non-hydrogen) atoms. The lowest BCUT2D eigenvalue weighted by Crippen LogP contribution is -2.20. The van der Waals surface area contributed by atoms with E-state index in [1.165, 1.54) is 0 Å². The topological polar surface area (TPSA) is 72.2 Å². The SMILES string of the molecule is CN(C)CCC(CO)N=[N+]=[N-]. The average molecular weight is 158 g/mol. The molecular formula is C6H14N4O. The average Bonchev–Trinajstić information content (AvgIpc) is 1.97. The summed E-state index contributed by atoms with van der Waals surface area (Å²) in [6.07, 6.45) is 0.702. The molecular weight excluding hydrogens is 144 g/mol. The van der Waals surface area contributed by atoms with Crippen molar-refractivity contribution in [1.82, 2.24) is 4.90 Å². The van der Waals surface area contributed by atoms with Gasteiger partial charge in [0, 0.05) is 4.91 Å². The first kappa shape index (κ1) is 10.2. The molecule has 0 aromatic heterocycles. The van der Waals surface area contributed by atoms with Gasteiger partial charge in [-0.25, -0.2) is 0 Å². The summed E-state index contributed by atoms with van der Waals surface area (Å²) in [7, 11) is 3.87. The van der Waals surface area contributed by atoms with Gasteiger partial charge in [-0.1, -0.05) is 5.11 Å². The predicted octanol–water partition coefficient (Wildman–Crippen LogP) is 0.609. The van der Waals surface area contributed by atoms with Crippen LogP contribution in [0.4, 0.5) is 0 Å². The van der Waals surface area contributed by atoms with Crippen LogP contribution in [0.1, 0.15) is 6.42 Å². The molecule has 0 aromatic carbocycles. The minimum Gasteiger partial charge on any atom is -0.396 e. The quantitative estimate of drug-likeness (QED) is 0.361. The Labute approximate surface area is 66.3 Å². The lowest BCUT2D eigenvalue weighted by atomic mass is 10.2. The standard InChI is InChI=1S/C6H14N4O/c1-10(2)4-3-6(5-11)8-9-7/h6,11H,3-5H2,1-2H3. The van der Waals surface area contributed by atoms with Crippen LogP contribution in [0.25, 0.3) is 10.4 Å². The van der Waals surface area contributed by atoms with Crippen LogP contribution < -0.4 is 0 Å². The van der Waals surface area contributed by atoms with Crippen LogP contribution in [0.2, 0.25) is 0 Å². The maximum atomic E-state index is 8.69. The number of aliphatic hydroxyl groups is 1. The summed E-state index contributed by atoms with van der Waals surface area (Å²) in [6, 6.07) is -0.276. The maximum Gasteiger partial charge on any atom is 0.0617 e. The molecule has 0 bridgehead atoms. The second kappa shape index (κ2) is 5.97. The van der Waals surface area contributed by atoms with Crippen molar-refractivity contribution in [2.75, 3.05) is 27.2 Å². The van der Waals surface area contributed by atoms with Crippen molar-refractivity contribution in [2.45, 2.75) is 12.5 Å². The summed E-state index contributed by atoms with van der Waals surface area (Å²) in [5.74, 6) is 0. The molecule has 0 spiro atoms. The molecule has 5 heteroatoms.